The van der Waals surface area contributed by atoms with Gasteiger partial charge < -0.3 is 16.8 Å². The first-order valence-electron chi connectivity index (χ1n) is 6.34. The summed E-state index contributed by atoms with van der Waals surface area (Å²) >= 11 is 0. The molecule has 0 spiro atoms. The minimum Gasteiger partial charge on any atom is -0.383 e. The number of rotatable bonds is 3. The number of hydrogen-bond donors (Lipinski definition) is 3. The minimum atomic E-state index is 0.232. The average molecular weight is 235 g/mol. The van der Waals surface area contributed by atoms with E-state index in [0.29, 0.717) is 11.9 Å². The fourth-order valence-electron chi connectivity index (χ4n) is 2.56. The number of nitrogen functional groups attached to an aromatic ring is 2. The molecule has 0 saturated heterocycles. The van der Waals surface area contributed by atoms with Crippen LogP contribution in [0.3, 0.4) is 0 Å². The van der Waals surface area contributed by atoms with Gasteiger partial charge in [-0.15, -0.1) is 0 Å². The lowest BCUT2D eigenvalue weighted by Gasteiger charge is -2.29. The molecule has 1 saturated carbocycles. The Labute approximate surface area is 102 Å². The highest BCUT2D eigenvalue weighted by atomic mass is 15.1. The molecule has 5 heteroatoms. The highest BCUT2D eigenvalue weighted by Gasteiger charge is 2.20. The Morgan fingerprint density at radius 1 is 1.35 bits per heavy atom. The van der Waals surface area contributed by atoms with Gasteiger partial charge in [0.25, 0.3) is 0 Å². The van der Waals surface area contributed by atoms with Gasteiger partial charge in [-0.1, -0.05) is 26.2 Å². The van der Waals surface area contributed by atoms with E-state index in [1.165, 1.54) is 32.1 Å². The molecule has 0 bridgehead atoms. The lowest BCUT2D eigenvalue weighted by Crippen LogP contribution is -2.27. The van der Waals surface area contributed by atoms with Crippen LogP contribution < -0.4 is 16.8 Å². The molecule has 17 heavy (non-hydrogen) atoms. The van der Waals surface area contributed by atoms with Crippen LogP contribution in [0.5, 0.6) is 0 Å². The largest absolute Gasteiger partial charge is 0.383 e. The molecular weight excluding hydrogens is 214 g/mol. The quantitative estimate of drug-likeness (QED) is 0.745. The van der Waals surface area contributed by atoms with E-state index in [-0.39, 0.29) is 5.95 Å². The maximum absolute atomic E-state index is 5.65. The third kappa shape index (κ3) is 3.22. The summed E-state index contributed by atoms with van der Waals surface area (Å²) < 4.78 is 0. The first-order valence-corrected chi connectivity index (χ1v) is 6.34. The fourth-order valence-corrected chi connectivity index (χ4v) is 2.56. The fraction of sp³-hybridized carbons (Fsp3) is 0.667. The second kappa shape index (κ2) is 5.21. The summed E-state index contributed by atoms with van der Waals surface area (Å²) in [6.07, 6.45) is 6.29. The normalized spacial score (nSPS) is 24.5. The maximum Gasteiger partial charge on any atom is 0.223 e. The van der Waals surface area contributed by atoms with E-state index >= 15 is 0 Å². The monoisotopic (exact) mass is 235 g/mol. The van der Waals surface area contributed by atoms with Crippen molar-refractivity contribution >= 4 is 17.6 Å². The summed E-state index contributed by atoms with van der Waals surface area (Å²) in [4.78, 5) is 8.02. The Balaban J connectivity index is 2.00. The third-order valence-electron chi connectivity index (χ3n) is 3.48. The van der Waals surface area contributed by atoms with Gasteiger partial charge in [-0.2, -0.15) is 9.97 Å². The zero-order chi connectivity index (χ0) is 12.3. The molecule has 1 aromatic rings. The summed E-state index contributed by atoms with van der Waals surface area (Å²) in [7, 11) is 0. The van der Waals surface area contributed by atoms with Crippen LogP contribution in [0.25, 0.3) is 0 Å². The molecule has 0 aliphatic heterocycles. The van der Waals surface area contributed by atoms with E-state index in [2.05, 4.69) is 22.2 Å². The van der Waals surface area contributed by atoms with Crippen LogP contribution in [-0.2, 0) is 0 Å². The molecular formula is C12H21N5. The Morgan fingerprint density at radius 3 is 2.88 bits per heavy atom. The van der Waals surface area contributed by atoms with Crippen LogP contribution >= 0.6 is 0 Å². The highest BCUT2D eigenvalue weighted by Crippen LogP contribution is 2.28. The molecule has 0 radical (unpaired) electrons. The first-order chi connectivity index (χ1) is 8.17. The van der Waals surface area contributed by atoms with Crippen LogP contribution in [-0.4, -0.2) is 16.0 Å². The summed E-state index contributed by atoms with van der Waals surface area (Å²) in [5.74, 6) is 2.23. The molecule has 94 valence electrons. The number of nitrogens with two attached hydrogens (primary N) is 2. The number of nitrogens with zero attached hydrogens (tertiary/aromatic N) is 2. The molecule has 1 aliphatic carbocycles. The number of anilines is 3. The summed E-state index contributed by atoms with van der Waals surface area (Å²) in [6, 6.07) is 2.23. The molecule has 2 atom stereocenters. The molecule has 1 aliphatic rings. The van der Waals surface area contributed by atoms with E-state index in [0.717, 1.165) is 11.7 Å². The van der Waals surface area contributed by atoms with Gasteiger partial charge >= 0.3 is 0 Å². The first kappa shape index (κ1) is 12.0. The summed E-state index contributed by atoms with van der Waals surface area (Å²) in [6.45, 7) is 2.26. The van der Waals surface area contributed by atoms with E-state index in [4.69, 9.17) is 11.5 Å². The van der Waals surface area contributed by atoms with Crippen molar-refractivity contribution in [1.82, 2.24) is 9.97 Å². The van der Waals surface area contributed by atoms with Crippen LogP contribution in [0.1, 0.15) is 39.0 Å². The summed E-state index contributed by atoms with van der Waals surface area (Å²) in [5, 5.41) is 3.42. The molecule has 2 rings (SSSR count). The second-order valence-corrected chi connectivity index (χ2v) is 4.82. The lowest BCUT2D eigenvalue weighted by atomic mass is 9.84. The Morgan fingerprint density at radius 2 is 2.18 bits per heavy atom. The van der Waals surface area contributed by atoms with E-state index in [1.807, 2.05) is 0 Å². The predicted molar refractivity (Wildman–Crippen MR) is 70.5 cm³/mol. The van der Waals surface area contributed by atoms with Gasteiger partial charge in [0, 0.05) is 12.1 Å². The van der Waals surface area contributed by atoms with Gasteiger partial charge in [0.05, 0.1) is 0 Å². The molecule has 5 nitrogen and oxygen atoms in total. The highest BCUT2D eigenvalue weighted by molar-refractivity contribution is 5.48. The van der Waals surface area contributed by atoms with Crippen LogP contribution in [0.15, 0.2) is 6.07 Å². The zero-order valence-electron chi connectivity index (χ0n) is 10.3. The van der Waals surface area contributed by atoms with Crippen molar-refractivity contribution in [2.45, 2.75) is 45.1 Å². The minimum absolute atomic E-state index is 0.232. The molecule has 0 amide bonds. The molecule has 1 fully saturated rings. The SMILES string of the molecule is CCC1CCCC(Nc2cc(N)nc(N)n2)C1. The number of hydrogen-bond acceptors (Lipinski definition) is 5. The molecule has 0 aromatic carbocycles. The Hall–Kier alpha value is -1.52. The van der Waals surface area contributed by atoms with E-state index < -0.39 is 0 Å². The summed E-state index contributed by atoms with van der Waals surface area (Å²) in [5.41, 5.74) is 11.2. The predicted octanol–water partition coefficient (Wildman–Crippen LogP) is 2.02. The van der Waals surface area contributed by atoms with Crippen LogP contribution in [0, 0.1) is 5.92 Å². The van der Waals surface area contributed by atoms with Gasteiger partial charge in [0.2, 0.25) is 5.95 Å². The second-order valence-electron chi connectivity index (χ2n) is 4.82. The zero-order valence-corrected chi connectivity index (χ0v) is 10.3. The molecule has 1 aromatic heterocycles. The van der Waals surface area contributed by atoms with Gasteiger partial charge in [0.15, 0.2) is 0 Å². The third-order valence-corrected chi connectivity index (χ3v) is 3.48. The molecule has 1 heterocycles. The average Bonchev–Trinajstić information content (AvgIpc) is 2.28. The Bertz CT molecular complexity index is 359. The van der Waals surface area contributed by atoms with Crippen LogP contribution in [0.4, 0.5) is 17.6 Å². The van der Waals surface area contributed by atoms with Gasteiger partial charge in [0.1, 0.15) is 11.6 Å². The lowest BCUT2D eigenvalue weighted by molar-refractivity contribution is 0.327. The van der Waals surface area contributed by atoms with E-state index in [1.54, 1.807) is 6.07 Å². The smallest absolute Gasteiger partial charge is 0.223 e. The Kier molecular flexibility index (Phi) is 3.66. The van der Waals surface area contributed by atoms with Crippen molar-refractivity contribution in [2.75, 3.05) is 16.8 Å². The van der Waals surface area contributed by atoms with Gasteiger partial charge in [-0.3, -0.25) is 0 Å². The van der Waals surface area contributed by atoms with Crippen LogP contribution in [0.2, 0.25) is 0 Å². The topological polar surface area (TPSA) is 89.8 Å². The van der Waals surface area contributed by atoms with Crippen molar-refractivity contribution in [3.63, 3.8) is 0 Å². The molecule has 5 N–H and O–H groups in total. The van der Waals surface area contributed by atoms with Gasteiger partial charge in [-0.25, -0.2) is 0 Å². The van der Waals surface area contributed by atoms with Crippen molar-refractivity contribution in [1.29, 1.82) is 0 Å². The van der Waals surface area contributed by atoms with Gasteiger partial charge in [-0.05, 0) is 18.8 Å². The van der Waals surface area contributed by atoms with E-state index in [9.17, 15) is 0 Å². The van der Waals surface area contributed by atoms with Crippen molar-refractivity contribution in [3.05, 3.63) is 6.07 Å². The van der Waals surface area contributed by atoms with Crippen molar-refractivity contribution < 1.29 is 0 Å². The molecule has 2 unspecified atom stereocenters. The standard InChI is InChI=1S/C12H21N5/c1-2-8-4-3-5-9(6-8)15-11-7-10(13)16-12(14)17-11/h7-9H,2-6H2,1H3,(H5,13,14,15,16,17). The van der Waals surface area contributed by atoms with Crippen molar-refractivity contribution in [2.24, 2.45) is 5.92 Å². The maximum atomic E-state index is 5.65. The van der Waals surface area contributed by atoms with Crippen molar-refractivity contribution in [3.8, 4) is 0 Å². The number of nitrogens with one attached hydrogen (secondary N) is 1. The number of aromatic nitrogens is 2.